The Morgan fingerprint density at radius 3 is 2.48 bits per heavy atom. The Hall–Kier alpha value is -3.91. The quantitative estimate of drug-likeness (QED) is 0.608. The van der Waals surface area contributed by atoms with Gasteiger partial charge in [-0.2, -0.15) is 5.26 Å². The second-order valence-electron chi connectivity index (χ2n) is 6.74. The van der Waals surface area contributed by atoms with Crippen molar-refractivity contribution in [3.8, 4) is 11.8 Å². The minimum absolute atomic E-state index is 0.350. The molecule has 144 valence electrons. The van der Waals surface area contributed by atoms with E-state index in [0.717, 1.165) is 28.1 Å². The Morgan fingerprint density at radius 1 is 1.07 bits per heavy atom. The van der Waals surface area contributed by atoms with E-state index in [4.69, 9.17) is 21.1 Å². The van der Waals surface area contributed by atoms with Gasteiger partial charge in [-0.15, -0.1) is 0 Å². The first kappa shape index (κ1) is 19.8. The topological polar surface area (TPSA) is 95.8 Å². The molecule has 29 heavy (non-hydrogen) atoms. The van der Waals surface area contributed by atoms with E-state index in [2.05, 4.69) is 11.1 Å². The lowest BCUT2D eigenvalue weighted by molar-refractivity contribution is 0.306. The summed E-state index contributed by atoms with van der Waals surface area (Å²) in [7, 11) is 0. The van der Waals surface area contributed by atoms with Crippen LogP contribution in [0.3, 0.4) is 0 Å². The van der Waals surface area contributed by atoms with Crippen LogP contribution in [0.4, 0.5) is 0 Å². The number of nitrogens with one attached hydrogen (secondary N) is 1. The molecule has 0 fully saturated rings. The predicted octanol–water partition coefficient (Wildman–Crippen LogP) is 4.63. The zero-order valence-electron chi connectivity index (χ0n) is 16.4. The number of nitriles is 1. The fourth-order valence-electron chi connectivity index (χ4n) is 3.11. The van der Waals surface area contributed by atoms with Gasteiger partial charge in [0.25, 0.3) is 0 Å². The molecule has 5 heteroatoms. The normalized spacial score (nSPS) is 11.3. The van der Waals surface area contributed by atoms with Crippen molar-refractivity contribution in [3.05, 3.63) is 94.3 Å². The molecule has 0 amide bonds. The SMILES string of the molecule is Cc1cc(C(C=N)=C(N)c2cccc(OCc3cccc(C#N)c3)c2)cc(C)n1. The molecule has 0 atom stereocenters. The maximum absolute atomic E-state index is 9.02. The highest BCUT2D eigenvalue weighted by molar-refractivity contribution is 6.17. The molecular weight excluding hydrogens is 360 g/mol. The van der Waals surface area contributed by atoms with Gasteiger partial charge in [-0.05, 0) is 61.4 Å². The Labute approximate surface area is 170 Å². The predicted molar refractivity (Wildman–Crippen MR) is 115 cm³/mol. The summed E-state index contributed by atoms with van der Waals surface area (Å²) in [4.78, 5) is 4.38. The summed E-state index contributed by atoms with van der Waals surface area (Å²) in [5.74, 6) is 0.666. The number of allylic oxidation sites excluding steroid dienone is 1. The van der Waals surface area contributed by atoms with Crippen molar-refractivity contribution in [3.63, 3.8) is 0 Å². The number of pyridine rings is 1. The molecule has 0 aliphatic heterocycles. The first-order chi connectivity index (χ1) is 14.0. The molecule has 3 N–H and O–H groups in total. The van der Waals surface area contributed by atoms with Crippen LogP contribution in [0.25, 0.3) is 11.3 Å². The van der Waals surface area contributed by atoms with Crippen LogP contribution in [0.1, 0.15) is 33.6 Å². The summed E-state index contributed by atoms with van der Waals surface area (Å²) in [5.41, 5.74) is 12.5. The molecule has 1 aromatic heterocycles. The molecule has 0 radical (unpaired) electrons. The van der Waals surface area contributed by atoms with Gasteiger partial charge in [0.05, 0.1) is 11.6 Å². The van der Waals surface area contributed by atoms with E-state index in [1.165, 1.54) is 6.21 Å². The third-order valence-corrected chi connectivity index (χ3v) is 4.43. The van der Waals surface area contributed by atoms with Crippen LogP contribution < -0.4 is 10.5 Å². The van der Waals surface area contributed by atoms with E-state index in [1.54, 1.807) is 12.1 Å². The van der Waals surface area contributed by atoms with E-state index in [9.17, 15) is 0 Å². The number of aromatic nitrogens is 1. The molecule has 0 aliphatic carbocycles. The largest absolute Gasteiger partial charge is 0.489 e. The number of rotatable bonds is 6. The van der Waals surface area contributed by atoms with Crippen molar-refractivity contribution in [1.82, 2.24) is 4.98 Å². The number of benzene rings is 2. The molecule has 0 bridgehead atoms. The van der Waals surface area contributed by atoms with Crippen molar-refractivity contribution in [2.75, 3.05) is 0 Å². The zero-order valence-corrected chi connectivity index (χ0v) is 16.4. The molecule has 0 aliphatic rings. The van der Waals surface area contributed by atoms with Crippen molar-refractivity contribution in [2.45, 2.75) is 20.5 Å². The van der Waals surface area contributed by atoms with Crippen molar-refractivity contribution in [1.29, 1.82) is 10.7 Å². The molecular formula is C24H22N4O. The fourth-order valence-corrected chi connectivity index (χ4v) is 3.11. The van der Waals surface area contributed by atoms with Crippen LogP contribution in [0, 0.1) is 30.6 Å². The van der Waals surface area contributed by atoms with E-state index in [-0.39, 0.29) is 0 Å². The number of hydrogen-bond acceptors (Lipinski definition) is 5. The van der Waals surface area contributed by atoms with Gasteiger partial charge in [-0.25, -0.2) is 0 Å². The molecule has 0 saturated heterocycles. The third-order valence-electron chi connectivity index (χ3n) is 4.43. The summed E-state index contributed by atoms with van der Waals surface area (Å²) in [6.07, 6.45) is 1.27. The van der Waals surface area contributed by atoms with Crippen LogP contribution in [-0.4, -0.2) is 11.2 Å². The van der Waals surface area contributed by atoms with E-state index in [1.807, 2.05) is 62.4 Å². The third kappa shape index (κ3) is 4.88. The van der Waals surface area contributed by atoms with Gasteiger partial charge in [0.15, 0.2) is 0 Å². The highest BCUT2D eigenvalue weighted by Gasteiger charge is 2.09. The average molecular weight is 382 g/mol. The zero-order chi connectivity index (χ0) is 20.8. The molecule has 2 aromatic carbocycles. The van der Waals surface area contributed by atoms with Gasteiger partial charge < -0.3 is 15.9 Å². The summed E-state index contributed by atoms with van der Waals surface area (Å²) in [6, 6.07) is 20.8. The summed E-state index contributed by atoms with van der Waals surface area (Å²) in [5, 5.41) is 16.9. The van der Waals surface area contributed by atoms with Gasteiger partial charge in [0.2, 0.25) is 0 Å². The molecule has 3 aromatic rings. The molecule has 0 saturated carbocycles. The molecule has 1 heterocycles. The standard InChI is InChI=1S/C24H22N4O/c1-16-9-21(10-17(2)28-16)23(14-26)24(27)20-7-4-8-22(12-20)29-15-19-6-3-5-18(11-19)13-25/h3-12,14,26H,15,27H2,1-2H3. The Morgan fingerprint density at radius 2 is 1.79 bits per heavy atom. The van der Waals surface area contributed by atoms with Gasteiger partial charge in [-0.3, -0.25) is 4.98 Å². The second kappa shape index (κ2) is 8.85. The van der Waals surface area contributed by atoms with Crippen molar-refractivity contribution >= 4 is 17.5 Å². The number of aryl methyl sites for hydroxylation is 2. The minimum Gasteiger partial charge on any atom is -0.489 e. The summed E-state index contributed by atoms with van der Waals surface area (Å²) < 4.78 is 5.89. The lowest BCUT2D eigenvalue weighted by Crippen LogP contribution is -2.04. The highest BCUT2D eigenvalue weighted by atomic mass is 16.5. The van der Waals surface area contributed by atoms with Gasteiger partial charge in [-0.1, -0.05) is 24.3 Å². The van der Waals surface area contributed by atoms with Crippen LogP contribution in [0.5, 0.6) is 5.75 Å². The molecule has 5 nitrogen and oxygen atoms in total. The van der Waals surface area contributed by atoms with Crippen LogP contribution in [0.2, 0.25) is 0 Å². The number of nitrogens with zero attached hydrogens (tertiary/aromatic N) is 2. The smallest absolute Gasteiger partial charge is 0.120 e. The van der Waals surface area contributed by atoms with Crippen LogP contribution in [0.15, 0.2) is 60.7 Å². The van der Waals surface area contributed by atoms with Crippen molar-refractivity contribution in [2.24, 2.45) is 5.73 Å². The highest BCUT2D eigenvalue weighted by Crippen LogP contribution is 2.25. The maximum Gasteiger partial charge on any atom is 0.120 e. The summed E-state index contributed by atoms with van der Waals surface area (Å²) in [6.45, 7) is 4.19. The van der Waals surface area contributed by atoms with Gasteiger partial charge in [0.1, 0.15) is 12.4 Å². The first-order valence-electron chi connectivity index (χ1n) is 9.18. The second-order valence-corrected chi connectivity index (χ2v) is 6.74. The molecule has 0 unspecified atom stereocenters. The van der Waals surface area contributed by atoms with Crippen LogP contribution >= 0.6 is 0 Å². The maximum atomic E-state index is 9.02. The molecule has 3 rings (SSSR count). The van der Waals surface area contributed by atoms with E-state index < -0.39 is 0 Å². The average Bonchev–Trinajstić information content (AvgIpc) is 2.72. The Balaban J connectivity index is 1.87. The number of hydrogen-bond donors (Lipinski definition) is 2. The van der Waals surface area contributed by atoms with Crippen LogP contribution in [-0.2, 0) is 6.61 Å². The van der Waals surface area contributed by atoms with E-state index >= 15 is 0 Å². The minimum atomic E-state index is 0.350. The number of nitrogens with two attached hydrogens (primary N) is 1. The van der Waals surface area contributed by atoms with E-state index in [0.29, 0.717) is 29.2 Å². The summed E-state index contributed by atoms with van der Waals surface area (Å²) >= 11 is 0. The van der Waals surface area contributed by atoms with Crippen molar-refractivity contribution < 1.29 is 4.74 Å². The fraction of sp³-hybridized carbons (Fsp3) is 0.125. The van der Waals surface area contributed by atoms with Gasteiger partial charge in [0, 0.05) is 34.4 Å². The lowest BCUT2D eigenvalue weighted by Gasteiger charge is -2.12. The monoisotopic (exact) mass is 382 g/mol. The Kier molecular flexibility index (Phi) is 6.06. The Bertz CT molecular complexity index is 1110. The first-order valence-corrected chi connectivity index (χ1v) is 9.18. The number of ether oxygens (including phenoxy) is 1. The lowest BCUT2D eigenvalue weighted by atomic mass is 10.00. The van der Waals surface area contributed by atoms with Gasteiger partial charge >= 0.3 is 0 Å². The molecule has 0 spiro atoms.